The summed E-state index contributed by atoms with van der Waals surface area (Å²) in [5.74, 6) is -0.909. The number of nitrogens with zero attached hydrogens (tertiary/aromatic N) is 2. The van der Waals surface area contributed by atoms with Crippen molar-refractivity contribution >= 4 is 29.6 Å². The first-order valence-corrected chi connectivity index (χ1v) is 14.0. The van der Waals surface area contributed by atoms with E-state index in [0.29, 0.717) is 13.0 Å². The van der Waals surface area contributed by atoms with E-state index < -0.39 is 40.6 Å². The summed E-state index contributed by atoms with van der Waals surface area (Å²) in [4.78, 5) is 56.9. The number of likely N-dealkylation sites (tertiary alicyclic amines) is 1. The Morgan fingerprint density at radius 3 is 2.23 bits per heavy atom. The van der Waals surface area contributed by atoms with Gasteiger partial charge in [-0.2, -0.15) is 0 Å². The zero-order valence-corrected chi connectivity index (χ0v) is 24.1. The molecule has 3 unspecified atom stereocenters. The Kier molecular flexibility index (Phi) is 8.01. The minimum atomic E-state index is -0.922. The van der Waals surface area contributed by atoms with E-state index in [1.54, 1.807) is 25.7 Å². The van der Waals surface area contributed by atoms with Gasteiger partial charge < -0.3 is 24.6 Å². The molecule has 9 heteroatoms. The summed E-state index contributed by atoms with van der Waals surface area (Å²) in [5, 5.41) is 2.81. The summed E-state index contributed by atoms with van der Waals surface area (Å²) in [6.07, 6.45) is 3.46. The molecule has 1 aliphatic carbocycles. The van der Waals surface area contributed by atoms with Crippen molar-refractivity contribution in [3.05, 3.63) is 30.3 Å². The molecule has 3 aliphatic rings. The molecule has 1 spiro atoms. The Hall–Kier alpha value is -3.10. The molecule has 214 valence electrons. The monoisotopic (exact) mass is 541 g/mol. The average Bonchev–Trinajstić information content (AvgIpc) is 3.55. The van der Waals surface area contributed by atoms with Crippen LogP contribution in [0.4, 0.5) is 10.5 Å². The third-order valence-corrected chi connectivity index (χ3v) is 7.81. The second-order valence-corrected chi connectivity index (χ2v) is 13.5. The van der Waals surface area contributed by atoms with Gasteiger partial charge in [0.1, 0.15) is 23.8 Å². The maximum absolute atomic E-state index is 14.2. The molecule has 1 saturated carbocycles. The van der Waals surface area contributed by atoms with Crippen LogP contribution in [0.5, 0.6) is 0 Å². The molecule has 0 bridgehead atoms. The van der Waals surface area contributed by atoms with Crippen LogP contribution in [0.3, 0.4) is 0 Å². The number of hydrogen-bond acceptors (Lipinski definition) is 6. The normalized spacial score (nSPS) is 24.8. The fraction of sp³-hybridized carbons (Fsp3) is 0.667. The predicted octanol–water partition coefficient (Wildman–Crippen LogP) is 4.44. The number of rotatable bonds is 5. The average molecular weight is 542 g/mol. The van der Waals surface area contributed by atoms with E-state index in [2.05, 4.69) is 5.32 Å². The van der Waals surface area contributed by atoms with E-state index in [-0.39, 0.29) is 30.9 Å². The van der Waals surface area contributed by atoms with E-state index in [1.807, 2.05) is 51.1 Å². The van der Waals surface area contributed by atoms with Gasteiger partial charge in [0, 0.05) is 30.6 Å². The lowest BCUT2D eigenvalue weighted by atomic mass is 9.84. The van der Waals surface area contributed by atoms with Gasteiger partial charge in [0.25, 0.3) is 0 Å². The number of carbonyl (C=O) groups is 4. The lowest BCUT2D eigenvalue weighted by Crippen LogP contribution is -2.57. The van der Waals surface area contributed by atoms with Crippen LogP contribution in [-0.4, -0.2) is 65.7 Å². The summed E-state index contributed by atoms with van der Waals surface area (Å²) in [5.41, 5.74) is -1.20. The number of benzene rings is 1. The molecule has 9 nitrogen and oxygen atoms in total. The molecule has 3 amide bonds. The standard InChI is InChI=1S/C30H43N3O6/c1-28(2,3)24(31-27(37)38-21-14-10-11-15-21)25(35)33-19-30(16-22(33)26(36)39-29(4,5)6)17-23(34)32(18-30)20-12-8-7-9-13-20/h7-9,12-13,21-22,24H,10-11,14-19H2,1-6H3,(H,31,37). The van der Waals surface area contributed by atoms with Crippen LogP contribution in [0.25, 0.3) is 0 Å². The van der Waals surface area contributed by atoms with Gasteiger partial charge in [0.2, 0.25) is 11.8 Å². The van der Waals surface area contributed by atoms with Crippen molar-refractivity contribution in [1.29, 1.82) is 0 Å². The van der Waals surface area contributed by atoms with Crippen molar-refractivity contribution in [2.24, 2.45) is 10.8 Å². The highest BCUT2D eigenvalue weighted by Gasteiger charge is 2.56. The zero-order valence-electron chi connectivity index (χ0n) is 24.1. The fourth-order valence-electron chi connectivity index (χ4n) is 5.97. The van der Waals surface area contributed by atoms with Crippen molar-refractivity contribution in [2.45, 2.75) is 104 Å². The highest BCUT2D eigenvalue weighted by atomic mass is 16.6. The van der Waals surface area contributed by atoms with Crippen LogP contribution in [0.15, 0.2) is 30.3 Å². The molecule has 2 saturated heterocycles. The number of para-hydroxylation sites is 1. The van der Waals surface area contributed by atoms with Crippen molar-refractivity contribution in [2.75, 3.05) is 18.0 Å². The van der Waals surface area contributed by atoms with E-state index in [9.17, 15) is 19.2 Å². The summed E-state index contributed by atoms with van der Waals surface area (Å²) >= 11 is 0. The molecule has 2 heterocycles. The SMILES string of the molecule is CC(C)(C)OC(=O)C1CC2(CC(=O)N(c3ccccc3)C2)CN1C(=O)C(NC(=O)OC1CCCC1)C(C)(C)C. The van der Waals surface area contributed by atoms with E-state index in [0.717, 1.165) is 31.4 Å². The van der Waals surface area contributed by atoms with E-state index in [1.165, 1.54) is 4.90 Å². The lowest BCUT2D eigenvalue weighted by molar-refractivity contribution is -0.164. The molecule has 1 aromatic carbocycles. The molecule has 1 aromatic rings. The Morgan fingerprint density at radius 2 is 1.64 bits per heavy atom. The third kappa shape index (κ3) is 6.73. The van der Waals surface area contributed by atoms with Crippen molar-refractivity contribution in [1.82, 2.24) is 10.2 Å². The minimum absolute atomic E-state index is 0.0379. The largest absolute Gasteiger partial charge is 0.458 e. The summed E-state index contributed by atoms with van der Waals surface area (Å²) in [6, 6.07) is 7.64. The van der Waals surface area contributed by atoms with Crippen LogP contribution < -0.4 is 10.2 Å². The Balaban J connectivity index is 1.59. The van der Waals surface area contributed by atoms with Gasteiger partial charge in [0.05, 0.1) is 0 Å². The van der Waals surface area contributed by atoms with Gasteiger partial charge in [-0.15, -0.1) is 0 Å². The molecule has 3 atom stereocenters. The van der Waals surface area contributed by atoms with Gasteiger partial charge in [-0.25, -0.2) is 9.59 Å². The minimum Gasteiger partial charge on any atom is -0.458 e. The first kappa shape index (κ1) is 28.9. The highest BCUT2D eigenvalue weighted by molar-refractivity contribution is 5.97. The molecule has 39 heavy (non-hydrogen) atoms. The molecular formula is C30H43N3O6. The van der Waals surface area contributed by atoms with Gasteiger partial charge in [-0.05, 0) is 70.4 Å². The van der Waals surface area contributed by atoms with Crippen LogP contribution in [0, 0.1) is 10.8 Å². The summed E-state index contributed by atoms with van der Waals surface area (Å²) in [7, 11) is 0. The topological polar surface area (TPSA) is 105 Å². The number of esters is 1. The second-order valence-electron chi connectivity index (χ2n) is 13.5. The molecule has 4 rings (SSSR count). The Bertz CT molecular complexity index is 1090. The van der Waals surface area contributed by atoms with Gasteiger partial charge in [0.15, 0.2) is 0 Å². The van der Waals surface area contributed by atoms with Crippen LogP contribution in [0.1, 0.15) is 80.1 Å². The number of amides is 3. The highest BCUT2D eigenvalue weighted by Crippen LogP contribution is 2.45. The third-order valence-electron chi connectivity index (χ3n) is 7.81. The maximum Gasteiger partial charge on any atom is 0.408 e. The number of alkyl carbamates (subject to hydrolysis) is 1. The fourth-order valence-corrected chi connectivity index (χ4v) is 5.97. The van der Waals surface area contributed by atoms with Crippen LogP contribution in [0.2, 0.25) is 0 Å². The van der Waals surface area contributed by atoms with Gasteiger partial charge >= 0.3 is 12.1 Å². The molecule has 0 radical (unpaired) electrons. The zero-order chi connectivity index (χ0) is 28.6. The number of anilines is 1. The van der Waals surface area contributed by atoms with Crippen LogP contribution >= 0.6 is 0 Å². The first-order valence-electron chi connectivity index (χ1n) is 14.0. The van der Waals surface area contributed by atoms with Gasteiger partial charge in [-0.1, -0.05) is 39.0 Å². The Morgan fingerprint density at radius 1 is 1.00 bits per heavy atom. The first-order chi connectivity index (χ1) is 18.2. The number of carbonyl (C=O) groups excluding carboxylic acids is 4. The smallest absolute Gasteiger partial charge is 0.408 e. The predicted molar refractivity (Wildman–Crippen MR) is 147 cm³/mol. The van der Waals surface area contributed by atoms with Crippen molar-refractivity contribution < 1.29 is 28.7 Å². The number of ether oxygens (including phenoxy) is 2. The summed E-state index contributed by atoms with van der Waals surface area (Å²) < 4.78 is 11.3. The second kappa shape index (κ2) is 10.8. The molecule has 1 N–H and O–H groups in total. The molecular weight excluding hydrogens is 498 g/mol. The van der Waals surface area contributed by atoms with Crippen molar-refractivity contribution in [3.63, 3.8) is 0 Å². The molecule has 0 aromatic heterocycles. The van der Waals surface area contributed by atoms with Crippen LogP contribution in [-0.2, 0) is 23.9 Å². The molecule has 3 fully saturated rings. The molecule has 2 aliphatic heterocycles. The van der Waals surface area contributed by atoms with Crippen molar-refractivity contribution in [3.8, 4) is 0 Å². The van der Waals surface area contributed by atoms with E-state index >= 15 is 0 Å². The Labute approximate surface area is 231 Å². The number of hydrogen-bond donors (Lipinski definition) is 1. The number of nitrogens with one attached hydrogen (secondary N) is 1. The van der Waals surface area contributed by atoms with E-state index in [4.69, 9.17) is 9.47 Å². The lowest BCUT2D eigenvalue weighted by Gasteiger charge is -2.36. The quantitative estimate of drug-likeness (QED) is 0.553. The maximum atomic E-state index is 14.2. The van der Waals surface area contributed by atoms with Gasteiger partial charge in [-0.3, -0.25) is 9.59 Å². The summed E-state index contributed by atoms with van der Waals surface area (Å²) in [6.45, 7) is 11.6.